The molecule has 3 rings (SSSR count). The van der Waals surface area contributed by atoms with Gasteiger partial charge < -0.3 is 29.6 Å². The Bertz CT molecular complexity index is 854. The van der Waals surface area contributed by atoms with Gasteiger partial charge in [-0.1, -0.05) is 18.2 Å². The van der Waals surface area contributed by atoms with Crippen LogP contribution in [0.5, 0.6) is 17.2 Å². The van der Waals surface area contributed by atoms with Crippen LogP contribution in [-0.2, 0) is 17.7 Å². The number of aryl methyl sites for hydroxylation is 1. The van der Waals surface area contributed by atoms with E-state index in [1.54, 1.807) is 7.11 Å². The molecule has 0 aromatic heterocycles. The highest BCUT2D eigenvalue weighted by molar-refractivity contribution is 5.79. The van der Waals surface area contributed by atoms with E-state index in [1.807, 2.05) is 18.2 Å². The van der Waals surface area contributed by atoms with Crippen LogP contribution in [0.2, 0.25) is 0 Å². The van der Waals surface area contributed by atoms with Crippen LogP contribution in [0.15, 0.2) is 41.4 Å². The number of guanidine groups is 1. The number of fused-ring (bicyclic) bond motifs is 1. The predicted octanol–water partition coefficient (Wildman–Crippen LogP) is 3.05. The van der Waals surface area contributed by atoms with Crippen molar-refractivity contribution in [1.29, 1.82) is 0 Å². The Morgan fingerprint density at radius 1 is 1.07 bits per heavy atom. The molecular formula is C23H31N3O4. The molecular weight excluding hydrogens is 382 g/mol. The molecule has 7 heteroatoms. The molecule has 0 aliphatic carbocycles. The average Bonchev–Trinajstić information content (AvgIpc) is 3.21. The van der Waals surface area contributed by atoms with E-state index in [-0.39, 0.29) is 0 Å². The molecule has 0 fully saturated rings. The third-order valence-corrected chi connectivity index (χ3v) is 4.66. The molecule has 2 aromatic rings. The van der Waals surface area contributed by atoms with E-state index in [0.29, 0.717) is 26.6 Å². The Morgan fingerprint density at radius 3 is 2.77 bits per heavy atom. The number of rotatable bonds is 10. The SMILES string of the molecule is CCNC(=NCc1ccc(C)cc1OCCOC)NCCc1ccc2c(c1)OCO2. The second kappa shape index (κ2) is 11.3. The van der Waals surface area contributed by atoms with Gasteiger partial charge in [-0.05, 0) is 49.6 Å². The van der Waals surface area contributed by atoms with Gasteiger partial charge in [0.2, 0.25) is 6.79 Å². The number of benzene rings is 2. The molecule has 2 N–H and O–H groups in total. The number of nitrogens with zero attached hydrogens (tertiary/aromatic N) is 1. The van der Waals surface area contributed by atoms with Gasteiger partial charge in [0, 0.05) is 25.8 Å². The van der Waals surface area contributed by atoms with Crippen molar-refractivity contribution in [2.24, 2.45) is 4.99 Å². The zero-order valence-electron chi connectivity index (χ0n) is 18.0. The fraction of sp³-hybridized carbons (Fsp3) is 0.435. The first-order valence-electron chi connectivity index (χ1n) is 10.3. The third-order valence-electron chi connectivity index (χ3n) is 4.66. The Kier molecular flexibility index (Phi) is 8.20. The molecule has 1 heterocycles. The summed E-state index contributed by atoms with van der Waals surface area (Å²) in [5.41, 5.74) is 3.39. The monoisotopic (exact) mass is 413 g/mol. The normalized spacial score (nSPS) is 12.7. The summed E-state index contributed by atoms with van der Waals surface area (Å²) in [5.74, 6) is 3.25. The molecule has 7 nitrogen and oxygen atoms in total. The number of hydrogen-bond acceptors (Lipinski definition) is 5. The van der Waals surface area contributed by atoms with Gasteiger partial charge in [-0.25, -0.2) is 4.99 Å². The first-order chi connectivity index (χ1) is 14.7. The van der Waals surface area contributed by atoms with Crippen molar-refractivity contribution in [1.82, 2.24) is 10.6 Å². The zero-order valence-corrected chi connectivity index (χ0v) is 18.0. The smallest absolute Gasteiger partial charge is 0.231 e. The lowest BCUT2D eigenvalue weighted by Crippen LogP contribution is -2.38. The van der Waals surface area contributed by atoms with E-state index in [0.717, 1.165) is 53.8 Å². The van der Waals surface area contributed by atoms with E-state index in [4.69, 9.17) is 23.9 Å². The number of hydrogen-bond donors (Lipinski definition) is 2. The van der Waals surface area contributed by atoms with Crippen LogP contribution < -0.4 is 24.8 Å². The Balaban J connectivity index is 1.57. The van der Waals surface area contributed by atoms with Crippen LogP contribution in [0.4, 0.5) is 0 Å². The molecule has 2 aromatic carbocycles. The molecule has 0 spiro atoms. The Hall–Kier alpha value is -2.93. The summed E-state index contributed by atoms with van der Waals surface area (Å²) in [7, 11) is 1.67. The minimum absolute atomic E-state index is 0.296. The van der Waals surface area contributed by atoms with E-state index in [1.165, 1.54) is 5.56 Å². The molecule has 0 saturated heterocycles. The zero-order chi connectivity index (χ0) is 21.2. The van der Waals surface area contributed by atoms with Crippen molar-refractivity contribution >= 4 is 5.96 Å². The minimum atomic E-state index is 0.296. The van der Waals surface area contributed by atoms with Gasteiger partial charge in [0.1, 0.15) is 12.4 Å². The van der Waals surface area contributed by atoms with Gasteiger partial charge in [-0.15, -0.1) is 0 Å². The second-order valence-corrected chi connectivity index (χ2v) is 7.01. The van der Waals surface area contributed by atoms with Gasteiger partial charge in [0.15, 0.2) is 17.5 Å². The first kappa shape index (κ1) is 21.8. The summed E-state index contributed by atoms with van der Waals surface area (Å²) in [6.45, 7) is 7.56. The molecule has 0 bridgehead atoms. The molecule has 0 radical (unpaired) electrons. The molecule has 1 aliphatic rings. The molecule has 0 saturated carbocycles. The van der Waals surface area contributed by atoms with E-state index in [9.17, 15) is 0 Å². The van der Waals surface area contributed by atoms with Crippen LogP contribution in [0, 0.1) is 6.92 Å². The number of aliphatic imine (C=N–C) groups is 1. The highest BCUT2D eigenvalue weighted by Gasteiger charge is 2.13. The van der Waals surface area contributed by atoms with Gasteiger partial charge in [-0.2, -0.15) is 0 Å². The van der Waals surface area contributed by atoms with Crippen LogP contribution in [0.3, 0.4) is 0 Å². The Labute approximate surface area is 178 Å². The van der Waals surface area contributed by atoms with Gasteiger partial charge >= 0.3 is 0 Å². The van der Waals surface area contributed by atoms with Gasteiger partial charge in [0.05, 0.1) is 13.2 Å². The van der Waals surface area contributed by atoms with Crippen LogP contribution in [-0.4, -0.2) is 46.2 Å². The molecule has 0 amide bonds. The summed E-state index contributed by atoms with van der Waals surface area (Å²) in [6, 6.07) is 12.2. The molecule has 0 unspecified atom stereocenters. The maximum atomic E-state index is 5.87. The van der Waals surface area contributed by atoms with Crippen molar-refractivity contribution in [2.45, 2.75) is 26.8 Å². The number of ether oxygens (including phenoxy) is 4. The quantitative estimate of drug-likeness (QED) is 0.354. The van der Waals surface area contributed by atoms with Crippen molar-refractivity contribution in [3.05, 3.63) is 53.1 Å². The summed E-state index contributed by atoms with van der Waals surface area (Å²) >= 11 is 0. The Morgan fingerprint density at radius 2 is 1.93 bits per heavy atom. The number of methoxy groups -OCH3 is 1. The highest BCUT2D eigenvalue weighted by atomic mass is 16.7. The van der Waals surface area contributed by atoms with E-state index < -0.39 is 0 Å². The molecule has 30 heavy (non-hydrogen) atoms. The highest BCUT2D eigenvalue weighted by Crippen LogP contribution is 2.32. The van der Waals surface area contributed by atoms with Crippen LogP contribution in [0.1, 0.15) is 23.6 Å². The maximum absolute atomic E-state index is 5.87. The fourth-order valence-electron chi connectivity index (χ4n) is 3.09. The van der Waals surface area contributed by atoms with Crippen LogP contribution >= 0.6 is 0 Å². The largest absolute Gasteiger partial charge is 0.491 e. The van der Waals surface area contributed by atoms with Crippen molar-refractivity contribution < 1.29 is 18.9 Å². The van der Waals surface area contributed by atoms with Gasteiger partial charge in [-0.3, -0.25) is 0 Å². The standard InChI is InChI=1S/C23H31N3O4/c1-4-24-23(25-10-9-18-6-8-20-22(14-18)30-16-29-20)26-15-19-7-5-17(2)13-21(19)28-12-11-27-3/h5-8,13-14H,4,9-12,15-16H2,1-3H3,(H2,24,25,26). The minimum Gasteiger partial charge on any atom is -0.491 e. The summed E-state index contributed by atoms with van der Waals surface area (Å²) in [5, 5.41) is 6.69. The van der Waals surface area contributed by atoms with E-state index in [2.05, 4.69) is 42.7 Å². The predicted molar refractivity (Wildman–Crippen MR) is 118 cm³/mol. The number of nitrogens with one attached hydrogen (secondary N) is 2. The van der Waals surface area contributed by atoms with Crippen molar-refractivity contribution in [2.75, 3.05) is 40.2 Å². The lowest BCUT2D eigenvalue weighted by Gasteiger charge is -2.14. The summed E-state index contributed by atoms with van der Waals surface area (Å²) < 4.78 is 21.8. The first-order valence-corrected chi connectivity index (χ1v) is 10.3. The fourth-order valence-corrected chi connectivity index (χ4v) is 3.09. The second-order valence-electron chi connectivity index (χ2n) is 7.01. The average molecular weight is 414 g/mol. The third kappa shape index (κ3) is 6.29. The topological polar surface area (TPSA) is 73.3 Å². The molecule has 0 atom stereocenters. The van der Waals surface area contributed by atoms with Crippen LogP contribution in [0.25, 0.3) is 0 Å². The lowest BCUT2D eigenvalue weighted by molar-refractivity contribution is 0.145. The summed E-state index contributed by atoms with van der Waals surface area (Å²) in [6.07, 6.45) is 0.858. The summed E-state index contributed by atoms with van der Waals surface area (Å²) in [4.78, 5) is 4.73. The maximum Gasteiger partial charge on any atom is 0.231 e. The van der Waals surface area contributed by atoms with Crippen molar-refractivity contribution in [3.8, 4) is 17.2 Å². The lowest BCUT2D eigenvalue weighted by atomic mass is 10.1. The molecule has 162 valence electrons. The van der Waals surface area contributed by atoms with Crippen molar-refractivity contribution in [3.63, 3.8) is 0 Å². The van der Waals surface area contributed by atoms with Gasteiger partial charge in [0.25, 0.3) is 0 Å². The molecule has 1 aliphatic heterocycles. The van der Waals surface area contributed by atoms with E-state index >= 15 is 0 Å².